The highest BCUT2D eigenvalue weighted by Crippen LogP contribution is 2.23. The largest absolute Gasteiger partial charge is 0.369 e. The Balaban J connectivity index is 1.44. The summed E-state index contributed by atoms with van der Waals surface area (Å²) in [6, 6.07) is 15.5. The topological polar surface area (TPSA) is 69.3 Å². The van der Waals surface area contributed by atoms with Crippen molar-refractivity contribution in [2.45, 2.75) is 12.7 Å². The Morgan fingerprint density at radius 3 is 2.50 bits per heavy atom. The molecule has 6 nitrogen and oxygen atoms in total. The number of fused-ring (bicyclic) bond motifs is 1. The molecule has 3 aromatic rings. The summed E-state index contributed by atoms with van der Waals surface area (Å²) in [4.78, 5) is 9.90. The molecule has 2 aromatic carbocycles. The lowest BCUT2D eigenvalue weighted by Gasteiger charge is -2.35. The normalized spacial score (nSPS) is 16.3. The van der Waals surface area contributed by atoms with E-state index in [0.29, 0.717) is 26.2 Å². The van der Waals surface area contributed by atoms with E-state index in [9.17, 15) is 8.42 Å². The van der Waals surface area contributed by atoms with E-state index in [-0.39, 0.29) is 5.75 Å². The summed E-state index contributed by atoms with van der Waals surface area (Å²) in [5.41, 5.74) is 3.89. The van der Waals surface area contributed by atoms with Gasteiger partial charge in [-0.05, 0) is 30.7 Å². The zero-order valence-corrected chi connectivity index (χ0v) is 15.5. The number of imidazole rings is 1. The second kappa shape index (κ2) is 6.74. The van der Waals surface area contributed by atoms with Crippen molar-refractivity contribution in [2.24, 2.45) is 0 Å². The van der Waals surface area contributed by atoms with E-state index in [2.05, 4.69) is 27.0 Å². The smallest absolute Gasteiger partial charge is 0.218 e. The van der Waals surface area contributed by atoms with E-state index >= 15 is 0 Å². The lowest BCUT2D eigenvalue weighted by atomic mass is 10.2. The third-order valence-corrected chi connectivity index (χ3v) is 6.62. The maximum Gasteiger partial charge on any atom is 0.218 e. The number of aromatic nitrogens is 2. The average Bonchev–Trinajstić information content (AvgIpc) is 3.01. The molecule has 2 heterocycles. The fourth-order valence-electron chi connectivity index (χ4n) is 3.42. The lowest BCUT2D eigenvalue weighted by Crippen LogP contribution is -2.49. The summed E-state index contributed by atoms with van der Waals surface area (Å²) >= 11 is 0. The van der Waals surface area contributed by atoms with E-state index in [1.54, 1.807) is 4.31 Å². The van der Waals surface area contributed by atoms with Crippen LogP contribution in [0.15, 0.2) is 48.5 Å². The van der Waals surface area contributed by atoms with Crippen LogP contribution < -0.4 is 4.90 Å². The highest BCUT2D eigenvalue weighted by Gasteiger charge is 2.27. The third kappa shape index (κ3) is 3.45. The van der Waals surface area contributed by atoms with E-state index < -0.39 is 10.0 Å². The third-order valence-electron chi connectivity index (χ3n) is 4.77. The van der Waals surface area contributed by atoms with Crippen LogP contribution in [-0.2, 0) is 15.8 Å². The van der Waals surface area contributed by atoms with E-state index in [0.717, 1.165) is 28.1 Å². The molecule has 0 amide bonds. The number of piperazine rings is 1. The van der Waals surface area contributed by atoms with Gasteiger partial charge in [0.2, 0.25) is 10.0 Å². The van der Waals surface area contributed by atoms with Gasteiger partial charge in [-0.25, -0.2) is 13.4 Å². The number of hydrogen-bond donors (Lipinski definition) is 1. The van der Waals surface area contributed by atoms with Gasteiger partial charge in [0.1, 0.15) is 5.82 Å². The maximum absolute atomic E-state index is 12.7. The summed E-state index contributed by atoms with van der Waals surface area (Å²) in [5.74, 6) is 0.960. The molecule has 0 aliphatic carbocycles. The van der Waals surface area contributed by atoms with E-state index in [1.165, 1.54) is 0 Å². The van der Waals surface area contributed by atoms with Crippen LogP contribution in [0.4, 0.5) is 5.69 Å². The summed E-state index contributed by atoms with van der Waals surface area (Å²) in [6.07, 6.45) is 0. The van der Waals surface area contributed by atoms with Gasteiger partial charge in [-0.1, -0.05) is 30.3 Å². The first-order valence-corrected chi connectivity index (χ1v) is 10.4. The van der Waals surface area contributed by atoms with Crippen LogP contribution >= 0.6 is 0 Å². The minimum atomic E-state index is -3.28. The number of aryl methyl sites for hydroxylation is 1. The summed E-state index contributed by atoms with van der Waals surface area (Å²) in [6.45, 7) is 4.33. The fourth-order valence-corrected chi connectivity index (χ4v) is 4.94. The molecule has 0 saturated carbocycles. The van der Waals surface area contributed by atoms with E-state index in [1.807, 2.05) is 43.3 Å². The van der Waals surface area contributed by atoms with Gasteiger partial charge in [0.15, 0.2) is 0 Å². The van der Waals surface area contributed by atoms with Crippen molar-refractivity contribution < 1.29 is 8.42 Å². The summed E-state index contributed by atoms with van der Waals surface area (Å²) in [5, 5.41) is 0. The van der Waals surface area contributed by atoms with Gasteiger partial charge in [-0.2, -0.15) is 4.31 Å². The number of benzene rings is 2. The first kappa shape index (κ1) is 17.1. The molecule has 0 radical (unpaired) electrons. The van der Waals surface area contributed by atoms with E-state index in [4.69, 9.17) is 0 Å². The molecule has 1 aliphatic rings. The van der Waals surface area contributed by atoms with Crippen LogP contribution in [0.25, 0.3) is 11.0 Å². The number of sulfonamides is 1. The van der Waals surface area contributed by atoms with Crippen molar-refractivity contribution >= 4 is 26.7 Å². The molecule has 26 heavy (non-hydrogen) atoms. The predicted octanol–water partition coefficient (Wildman–Crippen LogP) is 2.52. The van der Waals surface area contributed by atoms with Gasteiger partial charge in [0, 0.05) is 31.9 Å². The van der Waals surface area contributed by atoms with Crippen LogP contribution in [0, 0.1) is 6.92 Å². The summed E-state index contributed by atoms with van der Waals surface area (Å²) in [7, 11) is -3.28. The number of nitrogens with one attached hydrogen (secondary N) is 1. The molecule has 136 valence electrons. The molecule has 7 heteroatoms. The van der Waals surface area contributed by atoms with Crippen LogP contribution in [-0.4, -0.2) is 48.9 Å². The molecular formula is C19H22N4O2S. The van der Waals surface area contributed by atoms with Crippen molar-refractivity contribution in [3.63, 3.8) is 0 Å². The number of anilines is 1. The molecule has 0 atom stereocenters. The lowest BCUT2D eigenvalue weighted by molar-refractivity contribution is 0.384. The molecule has 1 fully saturated rings. The van der Waals surface area contributed by atoms with Crippen molar-refractivity contribution in [1.29, 1.82) is 0 Å². The molecule has 1 aliphatic heterocycles. The molecule has 0 spiro atoms. The average molecular weight is 370 g/mol. The Morgan fingerprint density at radius 2 is 1.77 bits per heavy atom. The zero-order valence-electron chi connectivity index (χ0n) is 14.7. The van der Waals surface area contributed by atoms with Crippen LogP contribution in [0.3, 0.4) is 0 Å². The Hall–Kier alpha value is -2.38. The first-order chi connectivity index (χ1) is 12.5. The highest BCUT2D eigenvalue weighted by molar-refractivity contribution is 7.88. The maximum atomic E-state index is 12.7. The quantitative estimate of drug-likeness (QED) is 0.766. The molecule has 0 bridgehead atoms. The van der Waals surface area contributed by atoms with Gasteiger partial charge < -0.3 is 9.88 Å². The Bertz CT molecular complexity index is 1010. The molecule has 4 rings (SSSR count). The van der Waals surface area contributed by atoms with Crippen molar-refractivity contribution in [1.82, 2.24) is 14.3 Å². The van der Waals surface area contributed by atoms with Crippen LogP contribution in [0.5, 0.6) is 0 Å². The van der Waals surface area contributed by atoms with Gasteiger partial charge in [-0.15, -0.1) is 0 Å². The molecule has 0 unspecified atom stereocenters. The number of rotatable bonds is 4. The molecule has 1 saturated heterocycles. The Labute approximate surface area is 153 Å². The van der Waals surface area contributed by atoms with Crippen LogP contribution in [0.2, 0.25) is 0 Å². The van der Waals surface area contributed by atoms with Gasteiger partial charge in [0.05, 0.1) is 16.8 Å². The van der Waals surface area contributed by atoms with Gasteiger partial charge in [0.25, 0.3) is 0 Å². The molecule has 1 N–H and O–H groups in total. The zero-order chi connectivity index (χ0) is 18.1. The molecule has 1 aromatic heterocycles. The predicted molar refractivity (Wildman–Crippen MR) is 104 cm³/mol. The number of nitrogens with zero attached hydrogens (tertiary/aromatic N) is 3. The minimum absolute atomic E-state index is 0.0627. The SMILES string of the molecule is Cc1nc2ccc(N3CCN(S(=O)(=O)Cc4ccccc4)CC3)cc2[nH]1. The second-order valence-electron chi connectivity index (χ2n) is 6.65. The fraction of sp³-hybridized carbons (Fsp3) is 0.316. The Kier molecular flexibility index (Phi) is 4.42. The monoisotopic (exact) mass is 370 g/mol. The number of aromatic amines is 1. The standard InChI is InChI=1S/C19H22N4O2S/c1-15-20-18-8-7-17(13-19(18)21-15)22-9-11-23(12-10-22)26(24,25)14-16-5-3-2-4-6-16/h2-8,13H,9-12,14H2,1H3,(H,20,21). The summed E-state index contributed by atoms with van der Waals surface area (Å²) < 4.78 is 26.9. The molecular weight excluding hydrogens is 348 g/mol. The number of hydrogen-bond acceptors (Lipinski definition) is 4. The van der Waals surface area contributed by atoms with Gasteiger partial charge in [-0.3, -0.25) is 0 Å². The van der Waals surface area contributed by atoms with Crippen molar-refractivity contribution in [2.75, 3.05) is 31.1 Å². The van der Waals surface area contributed by atoms with Crippen LogP contribution in [0.1, 0.15) is 11.4 Å². The van der Waals surface area contributed by atoms with Gasteiger partial charge >= 0.3 is 0 Å². The minimum Gasteiger partial charge on any atom is -0.369 e. The van der Waals surface area contributed by atoms with Crippen molar-refractivity contribution in [3.05, 3.63) is 59.9 Å². The number of H-pyrrole nitrogens is 1. The Morgan fingerprint density at radius 1 is 1.04 bits per heavy atom. The highest BCUT2D eigenvalue weighted by atomic mass is 32.2. The first-order valence-electron chi connectivity index (χ1n) is 8.74. The van der Waals surface area contributed by atoms with Crippen molar-refractivity contribution in [3.8, 4) is 0 Å². The second-order valence-corrected chi connectivity index (χ2v) is 8.62.